The standard InChI is InChI=1S/C22H25BClN3O/c1-26(2)12-13-27(3)22(28)21-18-10-7-16(23)14-20(18)25-19(21)11-6-15-4-8-17(24)9-5-15/h4-11,14,25H,12-13,23H2,1-3H3/b11-6+. The van der Waals surface area contributed by atoms with Gasteiger partial charge in [-0.1, -0.05) is 47.4 Å². The van der Waals surface area contributed by atoms with Crippen molar-refractivity contribution in [1.82, 2.24) is 14.8 Å². The molecule has 1 aromatic heterocycles. The Morgan fingerprint density at radius 3 is 2.46 bits per heavy atom. The number of aromatic amines is 1. The lowest BCUT2D eigenvalue weighted by Gasteiger charge is -2.20. The van der Waals surface area contributed by atoms with Crippen LogP contribution in [0.25, 0.3) is 23.1 Å². The number of halogens is 1. The Hall–Kier alpha value is -2.50. The fourth-order valence-electron chi connectivity index (χ4n) is 3.08. The monoisotopic (exact) mass is 393 g/mol. The number of benzene rings is 2. The summed E-state index contributed by atoms with van der Waals surface area (Å²) in [5.41, 5.74) is 4.68. The summed E-state index contributed by atoms with van der Waals surface area (Å²) in [7, 11) is 7.92. The first-order chi connectivity index (χ1) is 13.3. The SMILES string of the molecule is Bc1ccc2c(C(=O)N(C)CCN(C)C)c(/C=C/c3ccc(Cl)cc3)[nH]c2c1. The fourth-order valence-corrected chi connectivity index (χ4v) is 3.21. The lowest BCUT2D eigenvalue weighted by Crippen LogP contribution is -2.33. The molecule has 0 aliphatic carbocycles. The number of nitrogens with one attached hydrogen (secondary N) is 1. The molecule has 0 atom stereocenters. The minimum atomic E-state index is 0.0210. The molecule has 3 rings (SSSR count). The minimum Gasteiger partial charge on any atom is -0.354 e. The van der Waals surface area contributed by atoms with Crippen molar-refractivity contribution in [3.05, 3.63) is 64.3 Å². The molecule has 0 bridgehead atoms. The molecule has 144 valence electrons. The van der Waals surface area contributed by atoms with Crippen LogP contribution in [0.4, 0.5) is 0 Å². The summed E-state index contributed by atoms with van der Waals surface area (Å²) in [5, 5.41) is 1.65. The van der Waals surface area contributed by atoms with E-state index in [2.05, 4.69) is 16.0 Å². The summed E-state index contributed by atoms with van der Waals surface area (Å²) in [4.78, 5) is 20.5. The third-order valence-corrected chi connectivity index (χ3v) is 4.99. The highest BCUT2D eigenvalue weighted by Crippen LogP contribution is 2.25. The maximum Gasteiger partial charge on any atom is 0.256 e. The number of rotatable bonds is 6. The van der Waals surface area contributed by atoms with Crippen molar-refractivity contribution in [2.45, 2.75) is 0 Å². The molecule has 0 fully saturated rings. The summed E-state index contributed by atoms with van der Waals surface area (Å²) >= 11 is 5.97. The molecule has 1 amide bonds. The van der Waals surface area contributed by atoms with Crippen LogP contribution in [-0.4, -0.2) is 62.8 Å². The van der Waals surface area contributed by atoms with Gasteiger partial charge in [0.25, 0.3) is 5.91 Å². The second-order valence-corrected chi connectivity index (χ2v) is 7.81. The number of H-pyrrole nitrogens is 1. The molecule has 1 N–H and O–H groups in total. The lowest BCUT2D eigenvalue weighted by molar-refractivity contribution is 0.0788. The van der Waals surface area contributed by atoms with E-state index in [4.69, 9.17) is 11.6 Å². The topological polar surface area (TPSA) is 39.3 Å². The van der Waals surface area contributed by atoms with E-state index in [1.54, 1.807) is 4.90 Å². The molecule has 0 spiro atoms. The Balaban J connectivity index is 2.00. The molecule has 28 heavy (non-hydrogen) atoms. The van der Waals surface area contributed by atoms with Crippen LogP contribution in [-0.2, 0) is 0 Å². The molecule has 4 nitrogen and oxygen atoms in total. The van der Waals surface area contributed by atoms with E-state index in [9.17, 15) is 4.79 Å². The van der Waals surface area contributed by atoms with Gasteiger partial charge in [-0.05, 0) is 43.9 Å². The van der Waals surface area contributed by atoms with E-state index in [-0.39, 0.29) is 5.91 Å². The molecule has 6 heteroatoms. The highest BCUT2D eigenvalue weighted by Gasteiger charge is 2.20. The molecular weight excluding hydrogens is 369 g/mol. The number of amides is 1. The third kappa shape index (κ3) is 4.67. The number of carbonyl (C=O) groups is 1. The molecule has 0 radical (unpaired) electrons. The van der Waals surface area contributed by atoms with Gasteiger partial charge in [0.15, 0.2) is 0 Å². The van der Waals surface area contributed by atoms with Crippen molar-refractivity contribution in [1.29, 1.82) is 0 Å². The number of hydrogen-bond acceptors (Lipinski definition) is 2. The summed E-state index contributed by atoms with van der Waals surface area (Å²) in [6, 6.07) is 13.8. The first kappa shape index (κ1) is 20.2. The van der Waals surface area contributed by atoms with Crippen LogP contribution in [0.15, 0.2) is 42.5 Å². The molecule has 0 aliphatic heterocycles. The smallest absolute Gasteiger partial charge is 0.256 e. The van der Waals surface area contributed by atoms with E-state index < -0.39 is 0 Å². The van der Waals surface area contributed by atoms with Gasteiger partial charge < -0.3 is 14.8 Å². The van der Waals surface area contributed by atoms with Gasteiger partial charge in [0.1, 0.15) is 7.85 Å². The summed E-state index contributed by atoms with van der Waals surface area (Å²) in [5.74, 6) is 0.0210. The predicted octanol–water partition coefficient (Wildman–Crippen LogP) is 2.88. The predicted molar refractivity (Wildman–Crippen MR) is 122 cm³/mol. The van der Waals surface area contributed by atoms with Crippen molar-refractivity contribution in [2.75, 3.05) is 34.2 Å². The second-order valence-electron chi connectivity index (χ2n) is 7.38. The Morgan fingerprint density at radius 1 is 1.07 bits per heavy atom. The zero-order chi connectivity index (χ0) is 20.3. The summed E-state index contributed by atoms with van der Waals surface area (Å²) < 4.78 is 0. The van der Waals surface area contributed by atoms with Crippen molar-refractivity contribution in [3.8, 4) is 0 Å². The van der Waals surface area contributed by atoms with Crippen molar-refractivity contribution >= 4 is 53.9 Å². The van der Waals surface area contributed by atoms with Crippen LogP contribution >= 0.6 is 11.6 Å². The van der Waals surface area contributed by atoms with Gasteiger partial charge in [0.05, 0.1) is 11.3 Å². The maximum absolute atomic E-state index is 13.2. The Labute approximate surface area is 172 Å². The van der Waals surface area contributed by atoms with Gasteiger partial charge in [0.2, 0.25) is 0 Å². The maximum atomic E-state index is 13.2. The van der Waals surface area contributed by atoms with Gasteiger partial charge in [-0.15, -0.1) is 0 Å². The van der Waals surface area contributed by atoms with E-state index in [1.165, 1.54) is 0 Å². The number of hydrogen-bond donors (Lipinski definition) is 1. The summed E-state index contributed by atoms with van der Waals surface area (Å²) in [6.45, 7) is 1.49. The average molecular weight is 394 g/mol. The van der Waals surface area contributed by atoms with Crippen LogP contribution in [0.5, 0.6) is 0 Å². The quantitative estimate of drug-likeness (QED) is 0.654. The van der Waals surface area contributed by atoms with Crippen molar-refractivity contribution in [3.63, 3.8) is 0 Å². The zero-order valence-electron chi connectivity index (χ0n) is 16.8. The highest BCUT2D eigenvalue weighted by atomic mass is 35.5. The molecular formula is C22H25BClN3O. The van der Waals surface area contributed by atoms with Gasteiger partial charge in [-0.2, -0.15) is 0 Å². The van der Waals surface area contributed by atoms with Gasteiger partial charge in [-0.25, -0.2) is 0 Å². The number of likely N-dealkylation sites (N-methyl/N-ethyl adjacent to an activating group) is 2. The van der Waals surface area contributed by atoms with Crippen LogP contribution < -0.4 is 5.46 Å². The van der Waals surface area contributed by atoms with Gasteiger partial charge in [-0.3, -0.25) is 4.79 Å². The zero-order valence-corrected chi connectivity index (χ0v) is 17.5. The Kier molecular flexibility index (Phi) is 6.27. The first-order valence-corrected chi connectivity index (χ1v) is 9.69. The fraction of sp³-hybridized carbons (Fsp3) is 0.227. The molecule has 0 saturated carbocycles. The Morgan fingerprint density at radius 2 is 1.79 bits per heavy atom. The second kappa shape index (κ2) is 8.67. The molecule has 0 unspecified atom stereocenters. The molecule has 3 aromatic rings. The lowest BCUT2D eigenvalue weighted by atomic mass is 9.94. The highest BCUT2D eigenvalue weighted by molar-refractivity contribution is 6.33. The van der Waals surface area contributed by atoms with Crippen molar-refractivity contribution < 1.29 is 4.79 Å². The molecule has 0 saturated heterocycles. The number of carbonyl (C=O) groups excluding carboxylic acids is 1. The number of fused-ring (bicyclic) bond motifs is 1. The number of nitrogens with zero attached hydrogens (tertiary/aromatic N) is 2. The van der Waals surface area contributed by atoms with E-state index >= 15 is 0 Å². The van der Waals surface area contributed by atoms with E-state index in [0.717, 1.165) is 34.2 Å². The molecule has 1 heterocycles. The summed E-state index contributed by atoms with van der Waals surface area (Å²) in [6.07, 6.45) is 3.95. The van der Waals surface area contributed by atoms with Crippen LogP contribution in [0, 0.1) is 0 Å². The molecule has 2 aromatic carbocycles. The number of aromatic nitrogens is 1. The first-order valence-electron chi connectivity index (χ1n) is 9.31. The average Bonchev–Trinajstić information content (AvgIpc) is 3.02. The van der Waals surface area contributed by atoms with E-state index in [0.29, 0.717) is 17.1 Å². The van der Waals surface area contributed by atoms with Crippen LogP contribution in [0.2, 0.25) is 5.02 Å². The van der Waals surface area contributed by atoms with Crippen LogP contribution in [0.3, 0.4) is 0 Å². The molecule has 0 aliphatic rings. The van der Waals surface area contributed by atoms with E-state index in [1.807, 2.05) is 77.5 Å². The Bertz CT molecular complexity index is 1010. The van der Waals surface area contributed by atoms with Crippen LogP contribution in [0.1, 0.15) is 21.6 Å². The minimum absolute atomic E-state index is 0.0210. The van der Waals surface area contributed by atoms with Gasteiger partial charge >= 0.3 is 0 Å². The van der Waals surface area contributed by atoms with Crippen molar-refractivity contribution in [2.24, 2.45) is 0 Å². The normalized spacial score (nSPS) is 11.6. The largest absolute Gasteiger partial charge is 0.354 e. The third-order valence-electron chi connectivity index (χ3n) is 4.74. The van der Waals surface area contributed by atoms with Gasteiger partial charge in [0, 0.05) is 36.1 Å².